The maximum atomic E-state index is 8.66. The minimum absolute atomic E-state index is 0.00241. The molecule has 0 aliphatic rings. The molecule has 0 bridgehead atoms. The highest BCUT2D eigenvalue weighted by molar-refractivity contribution is 6.30. The van der Waals surface area contributed by atoms with Crippen LogP contribution < -0.4 is 11.1 Å². The molecule has 0 saturated carbocycles. The number of nitrogens with zero attached hydrogens (tertiary/aromatic N) is 2. The molecule has 0 radical (unpaired) electrons. The number of halogens is 1. The van der Waals surface area contributed by atoms with Crippen LogP contribution in [0.5, 0.6) is 0 Å². The second-order valence-corrected chi connectivity index (χ2v) is 5.13. The van der Waals surface area contributed by atoms with E-state index in [1.165, 1.54) is 0 Å². The summed E-state index contributed by atoms with van der Waals surface area (Å²) in [5, 5.41) is 15.7. The SMILES string of the molecule is CC(NCc1ccnc(C(N)=NO)c1)c1ccc(Cl)cc1. The molecule has 1 heterocycles. The van der Waals surface area contributed by atoms with E-state index in [9.17, 15) is 0 Å². The summed E-state index contributed by atoms with van der Waals surface area (Å²) in [4.78, 5) is 4.05. The van der Waals surface area contributed by atoms with Gasteiger partial charge >= 0.3 is 0 Å². The Labute approximate surface area is 128 Å². The van der Waals surface area contributed by atoms with Crippen molar-refractivity contribution in [2.75, 3.05) is 0 Å². The van der Waals surface area contributed by atoms with E-state index in [0.717, 1.165) is 16.1 Å². The molecular formula is C15H17ClN4O. The minimum Gasteiger partial charge on any atom is -0.409 e. The first-order valence-corrected chi connectivity index (χ1v) is 6.89. The largest absolute Gasteiger partial charge is 0.409 e. The monoisotopic (exact) mass is 304 g/mol. The average Bonchev–Trinajstić information content (AvgIpc) is 2.52. The highest BCUT2D eigenvalue weighted by Gasteiger charge is 2.06. The van der Waals surface area contributed by atoms with Crippen LogP contribution in [0.4, 0.5) is 0 Å². The molecule has 0 aliphatic carbocycles. The maximum Gasteiger partial charge on any atom is 0.188 e. The fourth-order valence-electron chi connectivity index (χ4n) is 1.92. The highest BCUT2D eigenvalue weighted by atomic mass is 35.5. The smallest absolute Gasteiger partial charge is 0.188 e. The fraction of sp³-hybridized carbons (Fsp3) is 0.200. The van der Waals surface area contributed by atoms with E-state index in [1.54, 1.807) is 12.3 Å². The van der Waals surface area contributed by atoms with Gasteiger partial charge in [0, 0.05) is 23.8 Å². The van der Waals surface area contributed by atoms with Gasteiger partial charge in [-0.3, -0.25) is 4.98 Å². The fourth-order valence-corrected chi connectivity index (χ4v) is 2.04. The van der Waals surface area contributed by atoms with Gasteiger partial charge in [-0.2, -0.15) is 0 Å². The first-order chi connectivity index (χ1) is 10.1. The molecule has 6 heteroatoms. The van der Waals surface area contributed by atoms with Gasteiger partial charge in [-0.25, -0.2) is 0 Å². The lowest BCUT2D eigenvalue weighted by molar-refractivity contribution is 0.318. The van der Waals surface area contributed by atoms with Crippen molar-refractivity contribution in [2.45, 2.75) is 19.5 Å². The zero-order valence-corrected chi connectivity index (χ0v) is 12.4. The van der Waals surface area contributed by atoms with E-state index in [0.29, 0.717) is 12.2 Å². The molecule has 21 heavy (non-hydrogen) atoms. The van der Waals surface area contributed by atoms with Gasteiger partial charge < -0.3 is 16.3 Å². The van der Waals surface area contributed by atoms with Gasteiger partial charge in [-0.1, -0.05) is 28.9 Å². The number of oxime groups is 1. The molecule has 1 aromatic heterocycles. The second-order valence-electron chi connectivity index (χ2n) is 4.69. The summed E-state index contributed by atoms with van der Waals surface area (Å²) in [5.74, 6) is 0.00241. The van der Waals surface area contributed by atoms with Gasteiger partial charge in [-0.15, -0.1) is 0 Å². The standard InChI is InChI=1S/C15H17ClN4O/c1-10(12-2-4-13(16)5-3-12)19-9-11-6-7-18-14(8-11)15(17)20-21/h2-8,10,19,21H,9H2,1H3,(H2,17,20). The normalized spacial score (nSPS) is 13.1. The number of benzene rings is 1. The van der Waals surface area contributed by atoms with Gasteiger partial charge in [0.1, 0.15) is 5.69 Å². The van der Waals surface area contributed by atoms with E-state index in [4.69, 9.17) is 22.5 Å². The summed E-state index contributed by atoms with van der Waals surface area (Å²) < 4.78 is 0. The van der Waals surface area contributed by atoms with Crippen molar-refractivity contribution in [3.8, 4) is 0 Å². The van der Waals surface area contributed by atoms with Crippen molar-refractivity contribution in [1.29, 1.82) is 0 Å². The van der Waals surface area contributed by atoms with Crippen LogP contribution in [0.15, 0.2) is 47.8 Å². The third-order valence-electron chi connectivity index (χ3n) is 3.18. The number of nitrogens with two attached hydrogens (primary N) is 1. The quantitative estimate of drug-likeness (QED) is 0.343. The third kappa shape index (κ3) is 4.18. The van der Waals surface area contributed by atoms with E-state index in [-0.39, 0.29) is 11.9 Å². The Hall–Kier alpha value is -2.11. The molecular weight excluding hydrogens is 288 g/mol. The number of nitrogens with one attached hydrogen (secondary N) is 1. The van der Waals surface area contributed by atoms with Crippen LogP contribution in [-0.2, 0) is 6.54 Å². The molecule has 4 N–H and O–H groups in total. The van der Waals surface area contributed by atoms with Crippen LogP contribution in [0.2, 0.25) is 5.02 Å². The Kier molecular flexibility index (Phi) is 5.14. The van der Waals surface area contributed by atoms with E-state index in [2.05, 4.69) is 22.4 Å². The molecule has 0 spiro atoms. The van der Waals surface area contributed by atoms with E-state index >= 15 is 0 Å². The molecule has 0 saturated heterocycles. The first kappa shape index (κ1) is 15.3. The van der Waals surface area contributed by atoms with Crippen LogP contribution in [0.25, 0.3) is 0 Å². The maximum absolute atomic E-state index is 8.66. The van der Waals surface area contributed by atoms with Crippen molar-refractivity contribution in [1.82, 2.24) is 10.3 Å². The topological polar surface area (TPSA) is 83.5 Å². The molecule has 2 rings (SSSR count). The lowest BCUT2D eigenvalue weighted by Gasteiger charge is -2.14. The molecule has 2 aromatic rings. The zero-order chi connectivity index (χ0) is 15.2. The highest BCUT2D eigenvalue weighted by Crippen LogP contribution is 2.16. The van der Waals surface area contributed by atoms with Crippen LogP contribution >= 0.6 is 11.6 Å². The molecule has 0 aliphatic heterocycles. The van der Waals surface area contributed by atoms with Gasteiger partial charge in [0.25, 0.3) is 0 Å². The zero-order valence-electron chi connectivity index (χ0n) is 11.6. The first-order valence-electron chi connectivity index (χ1n) is 6.52. The number of rotatable bonds is 5. The van der Waals surface area contributed by atoms with Gasteiger partial charge in [0.15, 0.2) is 5.84 Å². The van der Waals surface area contributed by atoms with E-state index in [1.807, 2.05) is 30.3 Å². The van der Waals surface area contributed by atoms with Gasteiger partial charge in [-0.05, 0) is 42.3 Å². The third-order valence-corrected chi connectivity index (χ3v) is 3.43. The van der Waals surface area contributed by atoms with Crippen molar-refractivity contribution in [2.24, 2.45) is 10.9 Å². The van der Waals surface area contributed by atoms with Crippen molar-refractivity contribution >= 4 is 17.4 Å². The van der Waals surface area contributed by atoms with Gasteiger partial charge in [0.05, 0.1) is 0 Å². The lowest BCUT2D eigenvalue weighted by Crippen LogP contribution is -2.19. The summed E-state index contributed by atoms with van der Waals surface area (Å²) >= 11 is 5.88. The summed E-state index contributed by atoms with van der Waals surface area (Å²) in [5.41, 5.74) is 8.15. The average molecular weight is 305 g/mol. The Morgan fingerprint density at radius 3 is 2.76 bits per heavy atom. The second kappa shape index (κ2) is 7.06. The van der Waals surface area contributed by atoms with Crippen molar-refractivity contribution in [3.63, 3.8) is 0 Å². The van der Waals surface area contributed by atoms with Crippen LogP contribution in [0.3, 0.4) is 0 Å². The lowest BCUT2D eigenvalue weighted by atomic mass is 10.1. The number of aromatic nitrogens is 1. The molecule has 0 fully saturated rings. The van der Waals surface area contributed by atoms with Gasteiger partial charge in [0.2, 0.25) is 0 Å². The van der Waals surface area contributed by atoms with Crippen LogP contribution in [0.1, 0.15) is 29.8 Å². The summed E-state index contributed by atoms with van der Waals surface area (Å²) in [6.45, 7) is 2.73. The predicted octanol–water partition coefficient (Wildman–Crippen LogP) is 2.68. The number of hydrogen-bond donors (Lipinski definition) is 3. The summed E-state index contributed by atoms with van der Waals surface area (Å²) in [6.07, 6.45) is 1.64. The molecule has 1 aromatic carbocycles. The number of pyridine rings is 1. The Morgan fingerprint density at radius 1 is 1.38 bits per heavy atom. The Bertz CT molecular complexity index is 628. The minimum atomic E-state index is 0.00241. The Balaban J connectivity index is 2.01. The van der Waals surface area contributed by atoms with Crippen LogP contribution in [0, 0.1) is 0 Å². The molecule has 1 unspecified atom stereocenters. The van der Waals surface area contributed by atoms with Crippen molar-refractivity contribution in [3.05, 3.63) is 64.4 Å². The molecule has 1 atom stereocenters. The van der Waals surface area contributed by atoms with E-state index < -0.39 is 0 Å². The molecule has 5 nitrogen and oxygen atoms in total. The number of hydrogen-bond acceptors (Lipinski definition) is 4. The predicted molar refractivity (Wildman–Crippen MR) is 83.5 cm³/mol. The molecule has 110 valence electrons. The Morgan fingerprint density at radius 2 is 2.10 bits per heavy atom. The van der Waals surface area contributed by atoms with Crippen molar-refractivity contribution < 1.29 is 5.21 Å². The summed E-state index contributed by atoms with van der Waals surface area (Å²) in [6, 6.07) is 11.6. The number of amidine groups is 1. The van der Waals surface area contributed by atoms with Crippen LogP contribution in [-0.4, -0.2) is 16.0 Å². The summed E-state index contributed by atoms with van der Waals surface area (Å²) in [7, 11) is 0. The molecule has 0 amide bonds.